The van der Waals surface area contributed by atoms with E-state index < -0.39 is 18.4 Å². The Balaban J connectivity index is 2.17. The number of esters is 1. The Labute approximate surface area is 130 Å². The quantitative estimate of drug-likeness (QED) is 0.690. The lowest BCUT2D eigenvalue weighted by Gasteiger charge is -2.15. The van der Waals surface area contributed by atoms with E-state index in [0.29, 0.717) is 16.9 Å². The summed E-state index contributed by atoms with van der Waals surface area (Å²) in [5.41, 5.74) is 7.35. The van der Waals surface area contributed by atoms with Crippen molar-refractivity contribution < 1.29 is 27.4 Å². The lowest BCUT2D eigenvalue weighted by atomic mass is 9.99. The maximum Gasteiger partial charge on any atom is 0.573 e. The maximum atomic E-state index is 12.1. The number of halogens is 3. The van der Waals surface area contributed by atoms with Gasteiger partial charge in [0.25, 0.3) is 0 Å². The predicted octanol–water partition coefficient (Wildman–Crippen LogP) is 3.56. The average Bonchev–Trinajstić information content (AvgIpc) is 2.45. The fourth-order valence-corrected chi connectivity index (χ4v) is 2.01. The summed E-state index contributed by atoms with van der Waals surface area (Å²) in [5.74, 6) is -0.422. The molecule has 0 bridgehead atoms. The standard InChI is InChI=1S/C16H14F3NO3/c1-10(21)22-14-4-2-3-12(9-14)15(20)11-5-7-13(8-6-11)23-16(17,18)19/h2-9,15H,20H2,1H3/t15-/m1/s1. The summed E-state index contributed by atoms with van der Waals surface area (Å²) < 4.78 is 45.2. The van der Waals surface area contributed by atoms with E-state index in [1.165, 1.54) is 31.2 Å². The highest BCUT2D eigenvalue weighted by molar-refractivity contribution is 5.69. The van der Waals surface area contributed by atoms with Crippen LogP contribution in [0.25, 0.3) is 0 Å². The molecule has 0 saturated carbocycles. The molecular formula is C16H14F3NO3. The van der Waals surface area contributed by atoms with Crippen molar-refractivity contribution in [2.24, 2.45) is 5.73 Å². The molecule has 0 aliphatic heterocycles. The molecule has 0 aliphatic rings. The Morgan fingerprint density at radius 3 is 2.26 bits per heavy atom. The number of hydrogen-bond donors (Lipinski definition) is 1. The molecule has 0 heterocycles. The highest BCUT2D eigenvalue weighted by atomic mass is 19.4. The maximum absolute atomic E-state index is 12.1. The topological polar surface area (TPSA) is 61.5 Å². The number of hydrogen-bond acceptors (Lipinski definition) is 4. The first-order valence-electron chi connectivity index (χ1n) is 6.64. The zero-order valence-electron chi connectivity index (χ0n) is 12.1. The number of carbonyl (C=O) groups is 1. The van der Waals surface area contributed by atoms with E-state index in [4.69, 9.17) is 10.5 Å². The van der Waals surface area contributed by atoms with Gasteiger partial charge in [0.05, 0.1) is 6.04 Å². The number of benzene rings is 2. The highest BCUT2D eigenvalue weighted by Crippen LogP contribution is 2.27. The van der Waals surface area contributed by atoms with Gasteiger partial charge in [-0.1, -0.05) is 24.3 Å². The largest absolute Gasteiger partial charge is 0.573 e. The summed E-state index contributed by atoms with van der Waals surface area (Å²) >= 11 is 0. The average molecular weight is 325 g/mol. The van der Waals surface area contributed by atoms with E-state index in [1.807, 2.05) is 0 Å². The minimum absolute atomic E-state index is 0.317. The first-order valence-corrected chi connectivity index (χ1v) is 6.64. The second kappa shape index (κ2) is 6.70. The Morgan fingerprint density at radius 1 is 1.04 bits per heavy atom. The van der Waals surface area contributed by atoms with Crippen molar-refractivity contribution in [1.82, 2.24) is 0 Å². The number of ether oxygens (including phenoxy) is 2. The Hall–Kier alpha value is -2.54. The zero-order chi connectivity index (χ0) is 17.0. The first-order chi connectivity index (χ1) is 10.7. The van der Waals surface area contributed by atoms with Crippen molar-refractivity contribution in [3.63, 3.8) is 0 Å². The van der Waals surface area contributed by atoms with Gasteiger partial charge >= 0.3 is 12.3 Å². The van der Waals surface area contributed by atoms with Crippen molar-refractivity contribution >= 4 is 5.97 Å². The molecule has 0 spiro atoms. The van der Waals surface area contributed by atoms with Gasteiger partial charge in [-0.25, -0.2) is 0 Å². The van der Waals surface area contributed by atoms with Crippen molar-refractivity contribution in [2.75, 3.05) is 0 Å². The lowest BCUT2D eigenvalue weighted by Crippen LogP contribution is -2.17. The lowest BCUT2D eigenvalue weighted by molar-refractivity contribution is -0.274. The van der Waals surface area contributed by atoms with Crippen molar-refractivity contribution in [2.45, 2.75) is 19.3 Å². The van der Waals surface area contributed by atoms with Gasteiger partial charge < -0.3 is 15.2 Å². The summed E-state index contributed by atoms with van der Waals surface area (Å²) in [7, 11) is 0. The molecule has 0 fully saturated rings. The fourth-order valence-electron chi connectivity index (χ4n) is 2.01. The molecule has 0 radical (unpaired) electrons. The van der Waals surface area contributed by atoms with Crippen LogP contribution in [0.15, 0.2) is 48.5 Å². The molecule has 0 saturated heterocycles. The molecule has 23 heavy (non-hydrogen) atoms. The minimum atomic E-state index is -4.73. The predicted molar refractivity (Wildman–Crippen MR) is 76.9 cm³/mol. The number of nitrogens with two attached hydrogens (primary N) is 1. The van der Waals surface area contributed by atoms with Crippen molar-refractivity contribution in [3.8, 4) is 11.5 Å². The van der Waals surface area contributed by atoms with Crippen LogP contribution >= 0.6 is 0 Å². The molecular weight excluding hydrogens is 311 g/mol. The van der Waals surface area contributed by atoms with Crippen LogP contribution in [0.4, 0.5) is 13.2 Å². The molecule has 122 valence electrons. The molecule has 2 rings (SSSR count). The second-order valence-corrected chi connectivity index (χ2v) is 4.76. The van der Waals surface area contributed by atoms with E-state index in [2.05, 4.69) is 4.74 Å². The third kappa shape index (κ3) is 5.00. The summed E-state index contributed by atoms with van der Waals surface area (Å²) in [6.45, 7) is 1.28. The molecule has 0 unspecified atom stereocenters. The Kier molecular flexibility index (Phi) is 4.90. The van der Waals surface area contributed by atoms with E-state index in [9.17, 15) is 18.0 Å². The third-order valence-electron chi connectivity index (χ3n) is 2.95. The number of carbonyl (C=O) groups excluding carboxylic acids is 1. The van der Waals surface area contributed by atoms with Gasteiger partial charge in [0.1, 0.15) is 11.5 Å². The van der Waals surface area contributed by atoms with E-state index in [-0.39, 0.29) is 5.75 Å². The van der Waals surface area contributed by atoms with Gasteiger partial charge in [0, 0.05) is 6.92 Å². The molecule has 7 heteroatoms. The summed E-state index contributed by atoms with van der Waals surface area (Å²) in [5, 5.41) is 0. The first kappa shape index (κ1) is 16.8. The summed E-state index contributed by atoms with van der Waals surface area (Å²) in [6.07, 6.45) is -4.73. The molecule has 0 aliphatic carbocycles. The van der Waals surface area contributed by atoms with Gasteiger partial charge in [0.15, 0.2) is 0 Å². The zero-order valence-corrected chi connectivity index (χ0v) is 12.1. The van der Waals surface area contributed by atoms with Crippen LogP contribution < -0.4 is 15.2 Å². The van der Waals surface area contributed by atoms with Crippen LogP contribution in [0.3, 0.4) is 0 Å². The van der Waals surface area contributed by atoms with Crippen molar-refractivity contribution in [1.29, 1.82) is 0 Å². The van der Waals surface area contributed by atoms with Crippen LogP contribution in [-0.4, -0.2) is 12.3 Å². The SMILES string of the molecule is CC(=O)Oc1cccc([C@H](N)c2ccc(OC(F)(F)F)cc2)c1. The van der Waals surface area contributed by atoms with Crippen molar-refractivity contribution in [3.05, 3.63) is 59.7 Å². The Bertz CT molecular complexity index is 684. The van der Waals surface area contributed by atoms with Gasteiger partial charge in [-0.3, -0.25) is 4.79 Å². The number of alkyl halides is 3. The van der Waals surface area contributed by atoms with E-state index in [0.717, 1.165) is 0 Å². The molecule has 0 amide bonds. The molecule has 1 atom stereocenters. The highest BCUT2D eigenvalue weighted by Gasteiger charge is 2.31. The fraction of sp³-hybridized carbons (Fsp3) is 0.188. The van der Waals surface area contributed by atoms with Gasteiger partial charge in [-0.15, -0.1) is 13.2 Å². The molecule has 0 aromatic heterocycles. The molecule has 2 aromatic carbocycles. The molecule has 2 N–H and O–H groups in total. The van der Waals surface area contributed by atoms with Crippen LogP contribution in [0.5, 0.6) is 11.5 Å². The molecule has 2 aromatic rings. The van der Waals surface area contributed by atoms with E-state index >= 15 is 0 Å². The van der Waals surface area contributed by atoms with Crippen LogP contribution in [-0.2, 0) is 4.79 Å². The normalized spacial score (nSPS) is 12.6. The Morgan fingerprint density at radius 2 is 1.70 bits per heavy atom. The number of rotatable bonds is 4. The summed E-state index contributed by atoms with van der Waals surface area (Å²) in [6, 6.07) is 11.3. The minimum Gasteiger partial charge on any atom is -0.427 e. The summed E-state index contributed by atoms with van der Waals surface area (Å²) in [4.78, 5) is 11.0. The molecule has 4 nitrogen and oxygen atoms in total. The van der Waals surface area contributed by atoms with Crippen LogP contribution in [0.2, 0.25) is 0 Å². The monoisotopic (exact) mass is 325 g/mol. The second-order valence-electron chi connectivity index (χ2n) is 4.76. The van der Waals surface area contributed by atoms with Crippen LogP contribution in [0.1, 0.15) is 24.1 Å². The van der Waals surface area contributed by atoms with Gasteiger partial charge in [0.2, 0.25) is 0 Å². The van der Waals surface area contributed by atoms with E-state index in [1.54, 1.807) is 24.3 Å². The smallest absolute Gasteiger partial charge is 0.427 e. The van der Waals surface area contributed by atoms with Gasteiger partial charge in [-0.2, -0.15) is 0 Å². The van der Waals surface area contributed by atoms with Crippen LogP contribution in [0, 0.1) is 0 Å². The third-order valence-corrected chi connectivity index (χ3v) is 2.95. The van der Waals surface area contributed by atoms with Gasteiger partial charge in [-0.05, 0) is 35.4 Å².